The maximum Gasteiger partial charge on any atom is 0.329 e. The van der Waals surface area contributed by atoms with Gasteiger partial charge in [0.1, 0.15) is 11.6 Å². The van der Waals surface area contributed by atoms with Crippen LogP contribution in [-0.2, 0) is 4.79 Å². The molecule has 1 aromatic rings. The van der Waals surface area contributed by atoms with E-state index in [1.165, 1.54) is 36.9 Å². The van der Waals surface area contributed by atoms with Crippen LogP contribution in [0.3, 0.4) is 0 Å². The van der Waals surface area contributed by atoms with Crippen molar-refractivity contribution in [1.82, 2.24) is 4.90 Å². The van der Waals surface area contributed by atoms with Gasteiger partial charge in [0.25, 0.3) is 0 Å². The predicted molar refractivity (Wildman–Crippen MR) is 79.3 cm³/mol. The quantitative estimate of drug-likeness (QED) is 0.894. The molecule has 0 aromatic heterocycles. The topological polar surface area (TPSA) is 93.4 Å². The molecule has 0 saturated heterocycles. The van der Waals surface area contributed by atoms with E-state index in [-0.39, 0.29) is 11.6 Å². The van der Waals surface area contributed by atoms with E-state index in [1.54, 1.807) is 6.92 Å². The number of anilines is 1. The molecule has 1 rings (SSSR count). The number of carboxylic acid groups (broad SMARTS) is 1. The normalized spacial score (nSPS) is 10.6. The Morgan fingerprint density at radius 1 is 1.48 bits per heavy atom. The van der Waals surface area contributed by atoms with Gasteiger partial charge in [-0.2, -0.15) is 5.26 Å². The van der Waals surface area contributed by atoms with Crippen molar-refractivity contribution in [1.29, 1.82) is 5.26 Å². The highest BCUT2D eigenvalue weighted by Crippen LogP contribution is 2.22. The van der Waals surface area contributed by atoms with Gasteiger partial charge in [0.2, 0.25) is 0 Å². The summed E-state index contributed by atoms with van der Waals surface area (Å²) in [6, 6.07) is 5.82. The van der Waals surface area contributed by atoms with Gasteiger partial charge in [-0.1, -0.05) is 11.6 Å². The summed E-state index contributed by atoms with van der Waals surface area (Å²) in [6.07, 6.45) is 0. The molecule has 0 spiro atoms. The Balaban J connectivity index is 2.97. The molecule has 2 amide bonds. The van der Waals surface area contributed by atoms with Crippen LogP contribution in [0.15, 0.2) is 18.2 Å². The van der Waals surface area contributed by atoms with Crippen LogP contribution >= 0.6 is 11.6 Å². The lowest BCUT2D eigenvalue weighted by Crippen LogP contribution is -2.54. The molecular formula is C14H16ClN3O3. The number of carbonyl (C=O) groups is 2. The van der Waals surface area contributed by atoms with Gasteiger partial charge in [0, 0.05) is 12.2 Å². The van der Waals surface area contributed by atoms with E-state index in [0.29, 0.717) is 11.3 Å². The molecule has 0 aliphatic heterocycles. The fraction of sp³-hybridized carbons (Fsp3) is 0.357. The number of nitrogens with one attached hydrogen (secondary N) is 1. The van der Waals surface area contributed by atoms with E-state index >= 15 is 0 Å². The molecule has 21 heavy (non-hydrogen) atoms. The van der Waals surface area contributed by atoms with E-state index in [4.69, 9.17) is 16.9 Å². The third-order valence-electron chi connectivity index (χ3n) is 3.10. The van der Waals surface area contributed by atoms with Crippen LogP contribution in [0.5, 0.6) is 0 Å². The summed E-state index contributed by atoms with van der Waals surface area (Å²) in [5.74, 6) is -1.10. The SMILES string of the molecule is CCN(C(=O)Nc1ccc(C#N)c(Cl)c1)C(C)(C)C(=O)O. The Kier molecular flexibility index (Phi) is 5.17. The summed E-state index contributed by atoms with van der Waals surface area (Å²) in [7, 11) is 0. The van der Waals surface area contributed by atoms with E-state index < -0.39 is 17.5 Å². The van der Waals surface area contributed by atoms with Gasteiger partial charge in [0.15, 0.2) is 0 Å². The molecule has 0 bridgehead atoms. The summed E-state index contributed by atoms with van der Waals surface area (Å²) in [5, 5.41) is 20.8. The lowest BCUT2D eigenvalue weighted by molar-refractivity contribution is -0.147. The van der Waals surface area contributed by atoms with E-state index in [1.807, 2.05) is 6.07 Å². The number of amides is 2. The highest BCUT2D eigenvalue weighted by molar-refractivity contribution is 6.32. The maximum atomic E-state index is 12.2. The number of urea groups is 1. The zero-order valence-corrected chi connectivity index (χ0v) is 12.7. The number of aliphatic carboxylic acids is 1. The number of hydrogen-bond acceptors (Lipinski definition) is 3. The van der Waals surface area contributed by atoms with Crippen LogP contribution in [0.1, 0.15) is 26.3 Å². The van der Waals surface area contributed by atoms with Crippen LogP contribution in [0.2, 0.25) is 5.02 Å². The van der Waals surface area contributed by atoms with Gasteiger partial charge in [0.05, 0.1) is 10.6 Å². The number of benzene rings is 1. The van der Waals surface area contributed by atoms with Crippen LogP contribution < -0.4 is 5.32 Å². The minimum atomic E-state index is -1.34. The Morgan fingerprint density at radius 3 is 2.52 bits per heavy atom. The van der Waals surface area contributed by atoms with Crippen LogP contribution in [0, 0.1) is 11.3 Å². The Morgan fingerprint density at radius 2 is 2.10 bits per heavy atom. The number of carbonyl (C=O) groups excluding carboxylic acids is 1. The van der Waals surface area contributed by atoms with Crippen molar-refractivity contribution in [3.05, 3.63) is 28.8 Å². The third kappa shape index (κ3) is 3.64. The molecule has 6 nitrogen and oxygen atoms in total. The molecule has 0 atom stereocenters. The first kappa shape index (κ1) is 16.8. The summed E-state index contributed by atoms with van der Waals surface area (Å²) in [4.78, 5) is 24.6. The highest BCUT2D eigenvalue weighted by Gasteiger charge is 2.36. The van der Waals surface area contributed by atoms with Gasteiger partial charge in [-0.25, -0.2) is 9.59 Å². The number of likely N-dealkylation sites (N-methyl/N-ethyl adjacent to an activating group) is 1. The molecule has 2 N–H and O–H groups in total. The van der Waals surface area contributed by atoms with Crippen molar-refractivity contribution < 1.29 is 14.7 Å². The predicted octanol–water partition coefficient (Wildman–Crippen LogP) is 2.93. The standard InChI is InChI=1S/C14H16ClN3O3/c1-4-18(14(2,3)12(19)20)13(21)17-10-6-5-9(8-16)11(15)7-10/h5-7H,4H2,1-3H3,(H,17,21)(H,19,20). The zero-order valence-electron chi connectivity index (χ0n) is 12.0. The molecule has 0 aliphatic carbocycles. The second-order valence-corrected chi connectivity index (χ2v) is 5.25. The van der Waals surface area contributed by atoms with Crippen molar-refractivity contribution in [2.45, 2.75) is 26.3 Å². The molecule has 0 heterocycles. The molecule has 0 saturated carbocycles. The van der Waals surface area contributed by atoms with Crippen LogP contribution in [-0.4, -0.2) is 34.1 Å². The van der Waals surface area contributed by atoms with E-state index in [2.05, 4.69) is 5.32 Å². The monoisotopic (exact) mass is 309 g/mol. The first-order chi connectivity index (χ1) is 9.73. The second kappa shape index (κ2) is 6.46. The fourth-order valence-corrected chi connectivity index (χ4v) is 2.01. The van der Waals surface area contributed by atoms with Crippen LogP contribution in [0.4, 0.5) is 10.5 Å². The fourth-order valence-electron chi connectivity index (χ4n) is 1.78. The van der Waals surface area contributed by atoms with Crippen molar-refractivity contribution in [3.8, 4) is 6.07 Å². The lowest BCUT2D eigenvalue weighted by Gasteiger charge is -2.34. The minimum Gasteiger partial charge on any atom is -0.480 e. The number of nitriles is 1. The van der Waals surface area contributed by atoms with E-state index in [9.17, 15) is 14.7 Å². The van der Waals surface area contributed by atoms with Gasteiger partial charge < -0.3 is 15.3 Å². The summed E-state index contributed by atoms with van der Waals surface area (Å²) >= 11 is 5.89. The highest BCUT2D eigenvalue weighted by atomic mass is 35.5. The lowest BCUT2D eigenvalue weighted by atomic mass is 10.0. The molecule has 112 valence electrons. The number of carboxylic acids is 1. The number of rotatable bonds is 4. The summed E-state index contributed by atoms with van der Waals surface area (Å²) < 4.78 is 0. The van der Waals surface area contributed by atoms with Crippen molar-refractivity contribution in [3.63, 3.8) is 0 Å². The summed E-state index contributed by atoms with van der Waals surface area (Å²) in [5.41, 5.74) is -0.647. The molecule has 1 aromatic carbocycles. The number of nitrogens with zero attached hydrogens (tertiary/aromatic N) is 2. The molecule has 0 fully saturated rings. The first-order valence-corrected chi connectivity index (χ1v) is 6.63. The van der Waals surface area contributed by atoms with Crippen molar-refractivity contribution >= 4 is 29.3 Å². The smallest absolute Gasteiger partial charge is 0.329 e. The van der Waals surface area contributed by atoms with Gasteiger partial charge in [-0.05, 0) is 39.0 Å². The summed E-state index contributed by atoms with van der Waals surface area (Å²) in [6.45, 7) is 4.82. The van der Waals surface area contributed by atoms with Gasteiger partial charge >= 0.3 is 12.0 Å². The molecule has 0 radical (unpaired) electrons. The third-order valence-corrected chi connectivity index (χ3v) is 3.41. The number of halogens is 1. The molecule has 7 heteroatoms. The largest absolute Gasteiger partial charge is 0.480 e. The average Bonchev–Trinajstić information content (AvgIpc) is 2.39. The van der Waals surface area contributed by atoms with Gasteiger partial charge in [-0.15, -0.1) is 0 Å². The van der Waals surface area contributed by atoms with Crippen molar-refractivity contribution in [2.75, 3.05) is 11.9 Å². The van der Waals surface area contributed by atoms with Crippen molar-refractivity contribution in [2.24, 2.45) is 0 Å². The Labute approximate surface area is 127 Å². The molecule has 0 unspecified atom stereocenters. The van der Waals surface area contributed by atoms with Crippen LogP contribution in [0.25, 0.3) is 0 Å². The second-order valence-electron chi connectivity index (χ2n) is 4.85. The van der Waals surface area contributed by atoms with Gasteiger partial charge in [-0.3, -0.25) is 0 Å². The first-order valence-electron chi connectivity index (χ1n) is 6.25. The van der Waals surface area contributed by atoms with E-state index in [0.717, 1.165) is 0 Å². The molecular weight excluding hydrogens is 294 g/mol. The average molecular weight is 310 g/mol. The zero-order chi connectivity index (χ0) is 16.2. The molecule has 0 aliphatic rings. The minimum absolute atomic E-state index is 0.218. The Hall–Kier alpha value is -2.26. The number of hydrogen-bond donors (Lipinski definition) is 2. The maximum absolute atomic E-state index is 12.2. The Bertz CT molecular complexity index is 608.